The molecule has 1 aromatic carbocycles. The lowest BCUT2D eigenvalue weighted by atomic mass is 9.78. The van der Waals surface area contributed by atoms with Crippen molar-refractivity contribution in [3.63, 3.8) is 0 Å². The number of rotatable bonds is 8. The molecule has 0 radical (unpaired) electrons. The molecular formula is C16H28BNO3. The van der Waals surface area contributed by atoms with Crippen LogP contribution >= 0.6 is 0 Å². The molecular weight excluding hydrogens is 265 g/mol. The Morgan fingerprint density at radius 2 is 1.67 bits per heavy atom. The maximum absolute atomic E-state index is 9.45. The first-order valence-electron chi connectivity index (χ1n) is 7.58. The highest BCUT2D eigenvalue weighted by atomic mass is 16.5. The minimum absolute atomic E-state index is 0.420. The monoisotopic (exact) mass is 293 g/mol. The van der Waals surface area contributed by atoms with Gasteiger partial charge >= 0.3 is 7.12 Å². The molecule has 0 bridgehead atoms. The quantitative estimate of drug-likeness (QED) is 0.713. The zero-order chi connectivity index (χ0) is 16.0. The SMILES string of the molecule is COc1ccc(CN(CC(C)C)CC(C)C)cc1B(O)O. The summed E-state index contributed by atoms with van der Waals surface area (Å²) in [5.41, 5.74) is 1.49. The van der Waals surface area contributed by atoms with Crippen molar-refractivity contribution in [2.75, 3.05) is 20.2 Å². The Kier molecular flexibility index (Phi) is 7.22. The number of ether oxygens (including phenoxy) is 1. The molecule has 0 aromatic heterocycles. The molecule has 0 aliphatic heterocycles. The van der Waals surface area contributed by atoms with Gasteiger partial charge in [-0.3, -0.25) is 4.90 Å². The molecule has 0 amide bonds. The van der Waals surface area contributed by atoms with E-state index >= 15 is 0 Å². The smallest absolute Gasteiger partial charge is 0.492 e. The highest BCUT2D eigenvalue weighted by molar-refractivity contribution is 6.59. The maximum atomic E-state index is 9.45. The first kappa shape index (κ1) is 18.0. The Bertz CT molecular complexity index is 426. The van der Waals surface area contributed by atoms with Gasteiger partial charge in [-0.1, -0.05) is 39.8 Å². The molecule has 0 spiro atoms. The highest BCUT2D eigenvalue weighted by Crippen LogP contribution is 2.14. The molecule has 4 nitrogen and oxygen atoms in total. The topological polar surface area (TPSA) is 52.9 Å². The number of nitrogens with zero attached hydrogens (tertiary/aromatic N) is 1. The molecule has 2 N–H and O–H groups in total. The molecule has 21 heavy (non-hydrogen) atoms. The third kappa shape index (κ3) is 6.08. The number of hydrogen-bond acceptors (Lipinski definition) is 4. The van der Waals surface area contributed by atoms with Crippen LogP contribution in [0.3, 0.4) is 0 Å². The van der Waals surface area contributed by atoms with Gasteiger partial charge in [-0.2, -0.15) is 0 Å². The molecule has 5 heteroatoms. The van der Waals surface area contributed by atoms with Gasteiger partial charge in [-0.15, -0.1) is 0 Å². The summed E-state index contributed by atoms with van der Waals surface area (Å²) in [6.45, 7) is 11.7. The third-order valence-corrected chi connectivity index (χ3v) is 3.23. The Morgan fingerprint density at radius 1 is 1.10 bits per heavy atom. The molecule has 118 valence electrons. The fourth-order valence-electron chi connectivity index (χ4n) is 2.58. The second-order valence-electron chi connectivity index (χ2n) is 6.43. The second-order valence-corrected chi connectivity index (χ2v) is 6.43. The summed E-state index contributed by atoms with van der Waals surface area (Å²) in [6.07, 6.45) is 0. The van der Waals surface area contributed by atoms with E-state index in [1.807, 2.05) is 12.1 Å². The molecule has 0 unspecified atom stereocenters. The van der Waals surface area contributed by atoms with Crippen LogP contribution < -0.4 is 10.2 Å². The lowest BCUT2D eigenvalue weighted by Gasteiger charge is -2.26. The summed E-state index contributed by atoms with van der Waals surface area (Å²) >= 11 is 0. The van der Waals surface area contributed by atoms with Gasteiger partial charge in [-0.25, -0.2) is 0 Å². The van der Waals surface area contributed by atoms with Gasteiger partial charge in [0.1, 0.15) is 5.75 Å². The van der Waals surface area contributed by atoms with Crippen LogP contribution in [0.4, 0.5) is 0 Å². The van der Waals surface area contributed by atoms with Gasteiger partial charge in [0.2, 0.25) is 0 Å². The molecule has 0 aliphatic rings. The van der Waals surface area contributed by atoms with E-state index in [0.717, 1.165) is 25.2 Å². The van der Waals surface area contributed by atoms with Crippen molar-refractivity contribution in [2.24, 2.45) is 11.8 Å². The van der Waals surface area contributed by atoms with Gasteiger partial charge in [-0.05, 0) is 23.5 Å². The minimum Gasteiger partial charge on any atom is -0.497 e. The van der Waals surface area contributed by atoms with Crippen molar-refractivity contribution in [1.82, 2.24) is 4.90 Å². The van der Waals surface area contributed by atoms with Crippen LogP contribution in [0.5, 0.6) is 5.75 Å². The van der Waals surface area contributed by atoms with Crippen LogP contribution in [0.1, 0.15) is 33.3 Å². The standard InChI is InChI=1S/C16H28BNO3/c1-12(2)9-18(10-13(3)4)11-14-6-7-16(21-5)15(8-14)17(19)20/h6-8,12-13,19-20H,9-11H2,1-5H3. The van der Waals surface area contributed by atoms with Crippen LogP contribution in [0, 0.1) is 11.8 Å². The first-order valence-corrected chi connectivity index (χ1v) is 7.58. The summed E-state index contributed by atoms with van der Waals surface area (Å²) in [4.78, 5) is 2.41. The predicted octanol–water partition coefficient (Wildman–Crippen LogP) is 1.49. The van der Waals surface area contributed by atoms with E-state index in [9.17, 15) is 10.0 Å². The van der Waals surface area contributed by atoms with E-state index in [1.54, 1.807) is 6.07 Å². The summed E-state index contributed by atoms with van der Waals surface area (Å²) in [5.74, 6) is 1.71. The Labute approximate surface area is 128 Å². The maximum Gasteiger partial charge on any atom is 0.492 e. The summed E-state index contributed by atoms with van der Waals surface area (Å²) < 4.78 is 5.16. The van der Waals surface area contributed by atoms with Crippen molar-refractivity contribution in [1.29, 1.82) is 0 Å². The number of benzene rings is 1. The van der Waals surface area contributed by atoms with Crippen LogP contribution in [0.2, 0.25) is 0 Å². The van der Waals surface area contributed by atoms with E-state index in [0.29, 0.717) is 23.0 Å². The van der Waals surface area contributed by atoms with Crippen molar-refractivity contribution in [2.45, 2.75) is 34.2 Å². The molecule has 0 atom stereocenters. The van der Waals surface area contributed by atoms with E-state index in [4.69, 9.17) is 4.74 Å². The molecule has 1 aromatic rings. The van der Waals surface area contributed by atoms with Gasteiger partial charge in [0.15, 0.2) is 0 Å². The van der Waals surface area contributed by atoms with Crippen molar-refractivity contribution >= 4 is 12.6 Å². The van der Waals surface area contributed by atoms with Gasteiger partial charge in [0.05, 0.1) is 7.11 Å². The summed E-state index contributed by atoms with van der Waals surface area (Å²) in [7, 11) is 0.0219. The first-order chi connectivity index (χ1) is 9.83. The summed E-state index contributed by atoms with van der Waals surface area (Å²) in [6, 6.07) is 5.60. The van der Waals surface area contributed by atoms with E-state index in [2.05, 4.69) is 32.6 Å². The summed E-state index contributed by atoms with van der Waals surface area (Å²) in [5, 5.41) is 18.9. The van der Waals surface area contributed by atoms with Gasteiger partial charge < -0.3 is 14.8 Å². The van der Waals surface area contributed by atoms with Gasteiger partial charge in [0.25, 0.3) is 0 Å². The lowest BCUT2D eigenvalue weighted by Crippen LogP contribution is -2.34. The highest BCUT2D eigenvalue weighted by Gasteiger charge is 2.18. The molecule has 1 rings (SSSR count). The van der Waals surface area contributed by atoms with Crippen molar-refractivity contribution in [3.05, 3.63) is 23.8 Å². The van der Waals surface area contributed by atoms with Gasteiger partial charge in [0, 0.05) is 25.1 Å². The van der Waals surface area contributed by atoms with Crippen LogP contribution in [0.15, 0.2) is 18.2 Å². The van der Waals surface area contributed by atoms with Crippen molar-refractivity contribution in [3.8, 4) is 5.75 Å². The molecule has 0 aliphatic carbocycles. The Hall–Kier alpha value is -1.04. The zero-order valence-corrected chi connectivity index (χ0v) is 13.8. The van der Waals surface area contributed by atoms with E-state index in [1.165, 1.54) is 7.11 Å². The lowest BCUT2D eigenvalue weighted by molar-refractivity contribution is 0.211. The predicted molar refractivity (Wildman–Crippen MR) is 87.8 cm³/mol. The minimum atomic E-state index is -1.51. The van der Waals surface area contributed by atoms with Crippen LogP contribution in [-0.4, -0.2) is 42.3 Å². The van der Waals surface area contributed by atoms with Crippen LogP contribution in [-0.2, 0) is 6.54 Å². The third-order valence-electron chi connectivity index (χ3n) is 3.23. The Morgan fingerprint density at radius 3 is 2.10 bits per heavy atom. The molecule has 0 saturated carbocycles. The molecule has 0 saturated heterocycles. The Balaban J connectivity index is 2.90. The average molecular weight is 293 g/mol. The molecule has 0 heterocycles. The van der Waals surface area contributed by atoms with Crippen molar-refractivity contribution < 1.29 is 14.8 Å². The second kappa shape index (κ2) is 8.42. The van der Waals surface area contributed by atoms with E-state index < -0.39 is 7.12 Å². The number of hydrogen-bond donors (Lipinski definition) is 2. The zero-order valence-electron chi connectivity index (χ0n) is 13.8. The fourth-order valence-corrected chi connectivity index (χ4v) is 2.58. The fraction of sp³-hybridized carbons (Fsp3) is 0.625. The normalized spacial score (nSPS) is 11.5. The average Bonchev–Trinajstić information content (AvgIpc) is 2.36. The largest absolute Gasteiger partial charge is 0.497 e. The molecule has 0 fully saturated rings. The van der Waals surface area contributed by atoms with E-state index in [-0.39, 0.29) is 0 Å². The van der Waals surface area contributed by atoms with Crippen LogP contribution in [0.25, 0.3) is 0 Å². The number of methoxy groups -OCH3 is 1.